The summed E-state index contributed by atoms with van der Waals surface area (Å²) < 4.78 is 44.1. The fourth-order valence-corrected chi connectivity index (χ4v) is 2.82. The van der Waals surface area contributed by atoms with E-state index >= 15 is 0 Å². The van der Waals surface area contributed by atoms with Gasteiger partial charge in [-0.1, -0.05) is 24.3 Å². The van der Waals surface area contributed by atoms with Gasteiger partial charge in [-0.25, -0.2) is 0 Å². The first-order valence-corrected chi connectivity index (χ1v) is 9.30. The second-order valence-electron chi connectivity index (χ2n) is 6.62. The van der Waals surface area contributed by atoms with Crippen molar-refractivity contribution in [2.45, 2.75) is 12.7 Å². The highest BCUT2D eigenvalue weighted by Gasteiger charge is 2.30. The monoisotopic (exact) mass is 428 g/mol. The summed E-state index contributed by atoms with van der Waals surface area (Å²) in [5.41, 5.74) is 0.682. The minimum Gasteiger partial charge on any atom is -0.457 e. The van der Waals surface area contributed by atoms with Crippen molar-refractivity contribution in [2.75, 3.05) is 7.05 Å². The highest BCUT2D eigenvalue weighted by atomic mass is 19.4. The first-order valence-electron chi connectivity index (χ1n) is 9.30. The molecule has 0 aromatic heterocycles. The molecule has 8 heteroatoms. The van der Waals surface area contributed by atoms with Crippen molar-refractivity contribution in [1.82, 2.24) is 10.6 Å². The number of nitrogens with one attached hydrogen (secondary N) is 2. The quantitative estimate of drug-likeness (QED) is 0.593. The van der Waals surface area contributed by atoms with Crippen LogP contribution in [-0.2, 0) is 12.7 Å². The van der Waals surface area contributed by atoms with Crippen molar-refractivity contribution in [3.63, 3.8) is 0 Å². The Kier molecular flexibility index (Phi) is 6.59. The lowest BCUT2D eigenvalue weighted by atomic mass is 10.1. The molecular weight excluding hydrogens is 409 g/mol. The molecule has 0 aliphatic rings. The van der Waals surface area contributed by atoms with Crippen molar-refractivity contribution >= 4 is 11.8 Å². The number of ether oxygens (including phenoxy) is 1. The first kappa shape index (κ1) is 21.9. The standard InChI is InChI=1S/C23H19F3N2O3/c1-27-21(29)16-6-2-5-15(11-16)14-28-22(30)17-7-3-9-19(12-17)31-20-10-4-8-18(13-20)23(24,25)26/h2-13H,14H2,1H3,(H,27,29)(H,28,30). The van der Waals surface area contributed by atoms with Gasteiger partial charge in [-0.2, -0.15) is 13.2 Å². The summed E-state index contributed by atoms with van der Waals surface area (Å²) >= 11 is 0. The number of halogens is 3. The SMILES string of the molecule is CNC(=O)c1cccc(CNC(=O)c2cccc(Oc3cccc(C(F)(F)F)c3)c2)c1. The Hall–Kier alpha value is -3.81. The summed E-state index contributed by atoms with van der Waals surface area (Å²) in [6.07, 6.45) is -4.48. The second kappa shape index (κ2) is 9.34. The maximum absolute atomic E-state index is 12.9. The summed E-state index contributed by atoms with van der Waals surface area (Å²) in [7, 11) is 1.53. The normalized spacial score (nSPS) is 11.0. The topological polar surface area (TPSA) is 67.4 Å². The maximum Gasteiger partial charge on any atom is 0.416 e. The molecule has 2 N–H and O–H groups in total. The van der Waals surface area contributed by atoms with Gasteiger partial charge in [0.05, 0.1) is 5.56 Å². The molecule has 0 bridgehead atoms. The third-order valence-electron chi connectivity index (χ3n) is 4.36. The Morgan fingerprint density at radius 2 is 1.45 bits per heavy atom. The van der Waals surface area contributed by atoms with Crippen LogP contribution in [0, 0.1) is 0 Å². The van der Waals surface area contributed by atoms with Gasteiger partial charge in [0.25, 0.3) is 11.8 Å². The molecule has 5 nitrogen and oxygen atoms in total. The Morgan fingerprint density at radius 3 is 2.13 bits per heavy atom. The fourth-order valence-electron chi connectivity index (χ4n) is 2.82. The Bertz CT molecular complexity index is 1100. The number of rotatable bonds is 6. The summed E-state index contributed by atoms with van der Waals surface area (Å²) in [5.74, 6) is -0.376. The van der Waals surface area contributed by atoms with E-state index in [0.717, 1.165) is 17.7 Å². The van der Waals surface area contributed by atoms with E-state index < -0.39 is 11.7 Å². The van der Waals surface area contributed by atoms with Crippen molar-refractivity contribution in [3.05, 3.63) is 95.1 Å². The van der Waals surface area contributed by atoms with Gasteiger partial charge in [-0.05, 0) is 54.1 Å². The zero-order chi connectivity index (χ0) is 22.4. The molecule has 0 saturated carbocycles. The van der Waals surface area contributed by atoms with Gasteiger partial charge in [0.15, 0.2) is 0 Å². The second-order valence-corrected chi connectivity index (χ2v) is 6.62. The van der Waals surface area contributed by atoms with Gasteiger partial charge >= 0.3 is 6.18 Å². The van der Waals surface area contributed by atoms with Gasteiger partial charge in [-0.15, -0.1) is 0 Å². The van der Waals surface area contributed by atoms with Crippen molar-refractivity contribution in [3.8, 4) is 11.5 Å². The van der Waals surface area contributed by atoms with Crippen LogP contribution in [0.25, 0.3) is 0 Å². The largest absolute Gasteiger partial charge is 0.457 e. The average Bonchev–Trinajstić information content (AvgIpc) is 2.77. The molecule has 3 aromatic carbocycles. The van der Waals surface area contributed by atoms with Crippen molar-refractivity contribution in [1.29, 1.82) is 0 Å². The van der Waals surface area contributed by atoms with E-state index in [1.54, 1.807) is 42.5 Å². The zero-order valence-corrected chi connectivity index (χ0v) is 16.5. The van der Waals surface area contributed by atoms with E-state index in [4.69, 9.17) is 4.74 Å². The first-order chi connectivity index (χ1) is 14.8. The number of carbonyl (C=O) groups is 2. The molecule has 0 unspecified atom stereocenters. The van der Waals surface area contributed by atoms with E-state index in [9.17, 15) is 22.8 Å². The predicted molar refractivity (Wildman–Crippen MR) is 109 cm³/mol. The van der Waals surface area contributed by atoms with Crippen LogP contribution in [-0.4, -0.2) is 18.9 Å². The number of hydrogen-bond donors (Lipinski definition) is 2. The summed E-state index contributed by atoms with van der Waals surface area (Å²) in [4.78, 5) is 24.2. The van der Waals surface area contributed by atoms with Gasteiger partial charge < -0.3 is 15.4 Å². The lowest BCUT2D eigenvalue weighted by Crippen LogP contribution is -2.23. The van der Waals surface area contributed by atoms with Crippen LogP contribution in [0.15, 0.2) is 72.8 Å². The van der Waals surface area contributed by atoms with Gasteiger partial charge in [0, 0.05) is 24.7 Å². The van der Waals surface area contributed by atoms with Crippen molar-refractivity contribution < 1.29 is 27.5 Å². The Balaban J connectivity index is 1.67. The Labute approximate surface area is 176 Å². The number of amides is 2. The van der Waals surface area contributed by atoms with E-state index in [1.807, 2.05) is 0 Å². The van der Waals surface area contributed by atoms with Gasteiger partial charge in [0.2, 0.25) is 0 Å². The third kappa shape index (κ3) is 5.85. The van der Waals surface area contributed by atoms with Crippen LogP contribution in [0.4, 0.5) is 13.2 Å². The van der Waals surface area contributed by atoms with Crippen LogP contribution in [0.5, 0.6) is 11.5 Å². The smallest absolute Gasteiger partial charge is 0.416 e. The van der Waals surface area contributed by atoms with Crippen LogP contribution in [0.3, 0.4) is 0 Å². The molecule has 0 aliphatic carbocycles. The van der Waals surface area contributed by atoms with E-state index in [2.05, 4.69) is 10.6 Å². The zero-order valence-electron chi connectivity index (χ0n) is 16.5. The molecule has 0 spiro atoms. The van der Waals surface area contributed by atoms with Crippen LogP contribution < -0.4 is 15.4 Å². The van der Waals surface area contributed by atoms with Crippen LogP contribution in [0.1, 0.15) is 31.8 Å². The van der Waals surface area contributed by atoms with E-state index in [1.165, 1.54) is 25.2 Å². The fraction of sp³-hybridized carbons (Fsp3) is 0.130. The molecule has 0 aliphatic heterocycles. The Morgan fingerprint density at radius 1 is 0.839 bits per heavy atom. The third-order valence-corrected chi connectivity index (χ3v) is 4.36. The maximum atomic E-state index is 12.9. The number of hydrogen-bond acceptors (Lipinski definition) is 3. The lowest BCUT2D eigenvalue weighted by Gasteiger charge is -2.11. The van der Waals surface area contributed by atoms with Crippen LogP contribution >= 0.6 is 0 Å². The highest BCUT2D eigenvalue weighted by molar-refractivity contribution is 5.95. The summed E-state index contributed by atoms with van der Waals surface area (Å²) in [5, 5.41) is 5.28. The highest BCUT2D eigenvalue weighted by Crippen LogP contribution is 2.32. The predicted octanol–water partition coefficient (Wildman–Crippen LogP) is 4.79. The molecule has 0 heterocycles. The summed E-state index contributed by atoms with van der Waals surface area (Å²) in [6, 6.07) is 17.5. The summed E-state index contributed by atoms with van der Waals surface area (Å²) in [6.45, 7) is 0.197. The minimum absolute atomic E-state index is 0.0124. The average molecular weight is 428 g/mol. The van der Waals surface area contributed by atoms with E-state index in [0.29, 0.717) is 5.56 Å². The van der Waals surface area contributed by atoms with Gasteiger partial charge in [-0.3, -0.25) is 9.59 Å². The lowest BCUT2D eigenvalue weighted by molar-refractivity contribution is -0.137. The molecule has 3 aromatic rings. The minimum atomic E-state index is -4.48. The molecule has 3 rings (SSSR count). The van der Waals surface area contributed by atoms with Gasteiger partial charge in [0.1, 0.15) is 11.5 Å². The molecule has 160 valence electrons. The molecule has 0 radical (unpaired) electrons. The number of alkyl halides is 3. The molecule has 0 atom stereocenters. The number of carbonyl (C=O) groups excluding carboxylic acids is 2. The number of benzene rings is 3. The van der Waals surface area contributed by atoms with E-state index in [-0.39, 0.29) is 35.4 Å². The molecule has 2 amide bonds. The molecular formula is C23H19F3N2O3. The molecule has 0 fully saturated rings. The van der Waals surface area contributed by atoms with Crippen molar-refractivity contribution in [2.24, 2.45) is 0 Å². The molecule has 0 saturated heterocycles. The van der Waals surface area contributed by atoms with Crippen LogP contribution in [0.2, 0.25) is 0 Å². The molecule has 31 heavy (non-hydrogen) atoms.